The number of aliphatic hydroxyl groups excluding tert-OH is 1. The van der Waals surface area contributed by atoms with Gasteiger partial charge in [0.25, 0.3) is 0 Å². The van der Waals surface area contributed by atoms with E-state index in [2.05, 4.69) is 57.2 Å². The molecule has 0 fully saturated rings. The summed E-state index contributed by atoms with van der Waals surface area (Å²) in [5, 5.41) is 10.3. The van der Waals surface area contributed by atoms with Crippen LogP contribution < -0.4 is 0 Å². The normalized spacial score (nSPS) is 28.0. The third-order valence-corrected chi connectivity index (χ3v) is 6.01. The second-order valence-electron chi connectivity index (χ2n) is 8.68. The summed E-state index contributed by atoms with van der Waals surface area (Å²) in [5.74, 6) is 0.835. The Morgan fingerprint density at radius 3 is 2.16 bits per heavy atom. The highest BCUT2D eigenvalue weighted by Crippen LogP contribution is 2.51. The summed E-state index contributed by atoms with van der Waals surface area (Å²) in [6, 6.07) is 17.0. The van der Waals surface area contributed by atoms with Gasteiger partial charge in [-0.25, -0.2) is 0 Å². The van der Waals surface area contributed by atoms with Crippen molar-refractivity contribution in [1.29, 1.82) is 0 Å². The highest BCUT2D eigenvalue weighted by Gasteiger charge is 2.39. The van der Waals surface area contributed by atoms with E-state index in [9.17, 15) is 5.11 Å². The molecular formula is C23H28O2. The maximum atomic E-state index is 10.3. The summed E-state index contributed by atoms with van der Waals surface area (Å²) in [6.45, 7) is 7.64. The quantitative estimate of drug-likeness (QED) is 0.802. The average molecular weight is 336 g/mol. The highest BCUT2D eigenvalue weighted by molar-refractivity contribution is 5.39. The molecule has 0 amide bonds. The van der Waals surface area contributed by atoms with Crippen LogP contribution in [0, 0.1) is 5.41 Å². The summed E-state index contributed by atoms with van der Waals surface area (Å²) < 4.78 is 6.43. The number of ether oxygens (including phenoxy) is 1. The second kappa shape index (κ2) is 6.26. The van der Waals surface area contributed by atoms with Crippen molar-refractivity contribution >= 4 is 0 Å². The minimum absolute atomic E-state index is 0.172. The molecule has 4 atom stereocenters. The molecule has 2 aliphatic rings. The van der Waals surface area contributed by atoms with Gasteiger partial charge in [-0.1, -0.05) is 69.3 Å². The van der Waals surface area contributed by atoms with Crippen molar-refractivity contribution in [1.82, 2.24) is 0 Å². The molecule has 1 unspecified atom stereocenters. The van der Waals surface area contributed by atoms with Crippen LogP contribution in [0.2, 0.25) is 0 Å². The Bertz CT molecular complexity index is 759. The van der Waals surface area contributed by atoms with E-state index in [0.29, 0.717) is 18.4 Å². The Morgan fingerprint density at radius 2 is 1.48 bits per heavy atom. The molecule has 2 aliphatic carbocycles. The van der Waals surface area contributed by atoms with Gasteiger partial charge in [-0.2, -0.15) is 0 Å². The van der Waals surface area contributed by atoms with Crippen LogP contribution in [0.3, 0.4) is 0 Å². The maximum absolute atomic E-state index is 10.3. The van der Waals surface area contributed by atoms with Crippen LogP contribution >= 0.6 is 0 Å². The predicted octanol–water partition coefficient (Wildman–Crippen LogP) is 5.50. The van der Waals surface area contributed by atoms with Gasteiger partial charge in [-0.05, 0) is 46.4 Å². The molecule has 2 heteroatoms. The number of aliphatic hydroxyl groups is 1. The smallest absolute Gasteiger partial charge is 0.0834 e. The molecule has 0 spiro atoms. The lowest BCUT2D eigenvalue weighted by Crippen LogP contribution is -2.16. The van der Waals surface area contributed by atoms with Gasteiger partial charge in [0, 0.05) is 5.92 Å². The first-order valence-corrected chi connectivity index (χ1v) is 9.42. The van der Waals surface area contributed by atoms with Crippen molar-refractivity contribution in [2.75, 3.05) is 6.61 Å². The van der Waals surface area contributed by atoms with Gasteiger partial charge in [0.05, 0.1) is 18.8 Å². The van der Waals surface area contributed by atoms with Crippen LogP contribution in [0.1, 0.15) is 79.9 Å². The van der Waals surface area contributed by atoms with Gasteiger partial charge >= 0.3 is 0 Å². The first-order valence-electron chi connectivity index (χ1n) is 9.42. The topological polar surface area (TPSA) is 29.5 Å². The number of hydrogen-bond acceptors (Lipinski definition) is 2. The zero-order valence-corrected chi connectivity index (χ0v) is 15.4. The van der Waals surface area contributed by atoms with E-state index >= 15 is 0 Å². The Kier molecular flexibility index (Phi) is 4.21. The molecule has 0 heterocycles. The Hall–Kier alpha value is -1.64. The largest absolute Gasteiger partial charge is 0.388 e. The fourth-order valence-corrected chi connectivity index (χ4v) is 4.67. The van der Waals surface area contributed by atoms with E-state index in [1.54, 1.807) is 0 Å². The van der Waals surface area contributed by atoms with Crippen molar-refractivity contribution in [3.8, 4) is 0 Å². The lowest BCUT2D eigenvalue weighted by Gasteiger charge is -2.28. The van der Waals surface area contributed by atoms with E-state index < -0.39 is 0 Å². The highest BCUT2D eigenvalue weighted by atomic mass is 16.5. The first-order chi connectivity index (χ1) is 11.9. The molecule has 25 heavy (non-hydrogen) atoms. The van der Waals surface area contributed by atoms with E-state index in [-0.39, 0.29) is 17.6 Å². The molecule has 0 aromatic heterocycles. The van der Waals surface area contributed by atoms with Crippen LogP contribution in [0.25, 0.3) is 0 Å². The Labute approximate surface area is 150 Å². The molecule has 2 aromatic rings. The third-order valence-electron chi connectivity index (χ3n) is 6.01. The van der Waals surface area contributed by atoms with Gasteiger partial charge in [-0.15, -0.1) is 0 Å². The molecule has 1 N–H and O–H groups in total. The minimum atomic E-state index is -0.344. The lowest BCUT2D eigenvalue weighted by atomic mass is 9.77. The summed E-state index contributed by atoms with van der Waals surface area (Å²) in [7, 11) is 0. The minimum Gasteiger partial charge on any atom is -0.388 e. The monoisotopic (exact) mass is 336 g/mol. The van der Waals surface area contributed by atoms with Crippen LogP contribution in [-0.2, 0) is 4.74 Å². The Morgan fingerprint density at radius 1 is 0.880 bits per heavy atom. The summed E-state index contributed by atoms with van der Waals surface area (Å²) in [4.78, 5) is 0. The van der Waals surface area contributed by atoms with Crippen LogP contribution in [0.5, 0.6) is 0 Å². The molecule has 2 nitrogen and oxygen atoms in total. The van der Waals surface area contributed by atoms with Gasteiger partial charge < -0.3 is 9.84 Å². The molecule has 0 saturated carbocycles. The van der Waals surface area contributed by atoms with E-state index in [1.165, 1.54) is 16.7 Å². The molecule has 0 bridgehead atoms. The van der Waals surface area contributed by atoms with Gasteiger partial charge in [0.15, 0.2) is 0 Å². The van der Waals surface area contributed by atoms with Crippen molar-refractivity contribution < 1.29 is 9.84 Å². The second-order valence-corrected chi connectivity index (χ2v) is 8.68. The van der Waals surface area contributed by atoms with E-state index in [1.807, 2.05) is 12.1 Å². The maximum Gasteiger partial charge on any atom is 0.0834 e. The number of hydrogen-bond donors (Lipinski definition) is 1. The van der Waals surface area contributed by atoms with E-state index in [4.69, 9.17) is 4.74 Å². The van der Waals surface area contributed by atoms with Crippen LogP contribution in [0.15, 0.2) is 48.5 Å². The van der Waals surface area contributed by atoms with E-state index in [0.717, 1.165) is 18.4 Å². The fourth-order valence-electron chi connectivity index (χ4n) is 4.67. The third kappa shape index (κ3) is 3.02. The van der Waals surface area contributed by atoms with Crippen molar-refractivity contribution in [3.63, 3.8) is 0 Å². The molecule has 0 radical (unpaired) electrons. The molecule has 4 rings (SSSR count). The fraction of sp³-hybridized carbons (Fsp3) is 0.478. The average Bonchev–Trinajstić information content (AvgIpc) is 3.12. The number of rotatable bonds is 3. The molecule has 0 saturated heterocycles. The zero-order chi connectivity index (χ0) is 17.6. The van der Waals surface area contributed by atoms with Gasteiger partial charge in [0.2, 0.25) is 0 Å². The standard InChI is InChI=1S/C23H28O2/c1-23(2,3)20-13-22(19-11-7-5-9-17(19)20)25-14-15-12-21(24)18-10-6-4-8-16(15)18/h4-11,15,20-22,24H,12-14H2,1-3H3/t15-,20-,21?,22-/m1/s1. The molecular weight excluding hydrogens is 308 g/mol. The van der Waals surface area contributed by atoms with Crippen molar-refractivity contribution in [2.24, 2.45) is 5.41 Å². The first kappa shape index (κ1) is 16.8. The summed E-state index contributed by atoms with van der Waals surface area (Å²) in [6.07, 6.45) is 1.66. The SMILES string of the molecule is CC(C)(C)[C@@H]1C[C@@H](OC[C@H]2CC(O)c3ccccc32)c2ccccc21. The molecule has 132 valence electrons. The van der Waals surface area contributed by atoms with Gasteiger partial charge in [0.1, 0.15) is 0 Å². The zero-order valence-electron chi connectivity index (χ0n) is 15.4. The van der Waals surface area contributed by atoms with Crippen molar-refractivity contribution in [2.45, 2.75) is 57.7 Å². The molecule has 0 aliphatic heterocycles. The Balaban J connectivity index is 1.51. The number of benzene rings is 2. The van der Waals surface area contributed by atoms with Crippen LogP contribution in [-0.4, -0.2) is 11.7 Å². The number of fused-ring (bicyclic) bond motifs is 2. The lowest BCUT2D eigenvalue weighted by molar-refractivity contribution is 0.0299. The summed E-state index contributed by atoms with van der Waals surface area (Å²) >= 11 is 0. The van der Waals surface area contributed by atoms with Gasteiger partial charge in [-0.3, -0.25) is 0 Å². The molecule has 2 aromatic carbocycles. The predicted molar refractivity (Wildman–Crippen MR) is 101 cm³/mol. The summed E-state index contributed by atoms with van der Waals surface area (Å²) in [5.41, 5.74) is 5.38. The van der Waals surface area contributed by atoms with Crippen LogP contribution in [0.4, 0.5) is 0 Å². The van der Waals surface area contributed by atoms with Crippen molar-refractivity contribution in [3.05, 3.63) is 70.8 Å².